The van der Waals surface area contributed by atoms with Crippen molar-refractivity contribution in [2.75, 3.05) is 18.1 Å². The third-order valence-electron chi connectivity index (χ3n) is 9.02. The van der Waals surface area contributed by atoms with Crippen molar-refractivity contribution < 1.29 is 32.3 Å². The molecule has 11 heteroatoms. The molecule has 8 nitrogen and oxygen atoms in total. The second-order valence-electron chi connectivity index (χ2n) is 14.4. The fourth-order valence-electron chi connectivity index (χ4n) is 6.38. The number of carbonyl (C=O) groups is 1. The van der Waals surface area contributed by atoms with E-state index >= 15 is 0 Å². The maximum atomic E-state index is 14.9. The number of amides is 1. The van der Waals surface area contributed by atoms with Crippen LogP contribution in [0.2, 0.25) is 0 Å². The Morgan fingerprint density at radius 1 is 1.00 bits per heavy atom. The largest absolute Gasteiger partial charge is 0.449 e. The average molecular weight is 615 g/mol. The summed E-state index contributed by atoms with van der Waals surface area (Å²) in [5, 5.41) is 14.2. The zero-order chi connectivity index (χ0) is 32.1. The lowest BCUT2D eigenvalue weighted by Crippen LogP contribution is -2.48. The van der Waals surface area contributed by atoms with Gasteiger partial charge in [0.15, 0.2) is 5.82 Å². The minimum atomic E-state index is -3.19. The molecule has 3 aliphatic rings. The summed E-state index contributed by atoms with van der Waals surface area (Å²) in [6, 6.07) is 8.14. The first-order chi connectivity index (χ1) is 20.4. The number of rotatable bonds is 8. The topological polar surface area (TPSA) is 102 Å². The molecule has 3 aromatic rings. The first-order valence-electron chi connectivity index (χ1n) is 15.1. The molecule has 44 heavy (non-hydrogen) atoms. The predicted octanol–water partition coefficient (Wildman–Crippen LogP) is 7.89. The van der Waals surface area contributed by atoms with Gasteiger partial charge in [-0.3, -0.25) is 4.90 Å². The fraction of sp³-hybridized carbons (Fsp3) is 0.576. The van der Waals surface area contributed by atoms with Crippen LogP contribution in [0.25, 0.3) is 11.1 Å². The molecule has 0 atom stereocenters. The van der Waals surface area contributed by atoms with E-state index in [9.17, 15) is 23.1 Å². The van der Waals surface area contributed by atoms with E-state index < -0.39 is 34.7 Å². The maximum absolute atomic E-state index is 14.9. The lowest BCUT2D eigenvalue weighted by molar-refractivity contribution is -0.0164. The Morgan fingerprint density at radius 2 is 1.64 bits per heavy atom. The summed E-state index contributed by atoms with van der Waals surface area (Å²) in [6.45, 7) is 10.4. The van der Waals surface area contributed by atoms with Crippen LogP contribution in [-0.4, -0.2) is 39.5 Å². The molecule has 6 rings (SSSR count). The van der Waals surface area contributed by atoms with Gasteiger partial charge in [-0.1, -0.05) is 38.1 Å². The van der Waals surface area contributed by atoms with Crippen LogP contribution in [-0.2, 0) is 21.7 Å². The van der Waals surface area contributed by atoms with E-state index in [1.165, 1.54) is 24.8 Å². The number of benzene rings is 1. The molecule has 0 saturated heterocycles. The third kappa shape index (κ3) is 6.62. The molecule has 3 saturated carbocycles. The van der Waals surface area contributed by atoms with Crippen molar-refractivity contribution in [3.63, 3.8) is 0 Å². The number of halogens is 3. The summed E-state index contributed by atoms with van der Waals surface area (Å²) in [6.07, 6.45) is 5.44. The van der Waals surface area contributed by atoms with Gasteiger partial charge in [0.2, 0.25) is 0 Å². The van der Waals surface area contributed by atoms with E-state index in [1.807, 2.05) is 20.8 Å². The SMILES string of the molecule is CC(C)(C)CN(C(=O)OCC12CCC(c3noc(C(C)(F)F)n3)(CC1)CC2)c1cc(-c2ccc(C(C)(C)O)c(F)c2)ccn1. The molecule has 1 N–H and O–H groups in total. The van der Waals surface area contributed by atoms with Gasteiger partial charge < -0.3 is 14.4 Å². The van der Waals surface area contributed by atoms with Crippen LogP contribution in [0.4, 0.5) is 23.8 Å². The zero-order valence-electron chi connectivity index (χ0n) is 26.2. The number of carbonyl (C=O) groups excluding carboxylic acids is 1. The highest BCUT2D eigenvalue weighted by Gasteiger charge is 2.52. The standard InChI is InChI=1S/C33H41F3N4O4/c1-29(2,3)19-40(25-18-22(9-16-37-25)21-7-8-23(24(34)17-21)30(4,5)42)28(41)43-20-32-10-13-33(14-11-32,15-12-32)26-38-27(44-39-26)31(6,35)36/h7-9,16-18,42H,10-15,19-20H2,1-6H3. The Kier molecular flexibility index (Phi) is 8.10. The maximum Gasteiger partial charge on any atom is 0.415 e. The van der Waals surface area contributed by atoms with Crippen LogP contribution in [0.3, 0.4) is 0 Å². The first kappa shape index (κ1) is 31.9. The Hall–Kier alpha value is -3.47. The van der Waals surface area contributed by atoms with Gasteiger partial charge >= 0.3 is 12.0 Å². The Bertz CT molecular complexity index is 1500. The number of nitrogens with zero attached hydrogens (tertiary/aromatic N) is 4. The second kappa shape index (κ2) is 11.2. The molecule has 1 amide bonds. The lowest BCUT2D eigenvalue weighted by atomic mass is 9.53. The number of hydrogen-bond donors (Lipinski definition) is 1. The van der Waals surface area contributed by atoms with Crippen LogP contribution in [0.15, 0.2) is 41.1 Å². The smallest absolute Gasteiger partial charge is 0.415 e. The van der Waals surface area contributed by atoms with Gasteiger partial charge in [0.1, 0.15) is 11.6 Å². The fourth-order valence-corrected chi connectivity index (χ4v) is 6.38. The van der Waals surface area contributed by atoms with Crippen LogP contribution in [0.5, 0.6) is 0 Å². The van der Waals surface area contributed by atoms with Crippen LogP contribution >= 0.6 is 0 Å². The molecule has 0 radical (unpaired) electrons. The summed E-state index contributed by atoms with van der Waals surface area (Å²) in [5.41, 5.74) is -0.744. The molecule has 0 unspecified atom stereocenters. The van der Waals surface area contributed by atoms with Gasteiger partial charge in [-0.15, -0.1) is 0 Å². The van der Waals surface area contributed by atoms with Gasteiger partial charge in [0.05, 0.1) is 12.2 Å². The van der Waals surface area contributed by atoms with E-state index in [-0.39, 0.29) is 23.0 Å². The number of fused-ring (bicyclic) bond motifs is 3. The van der Waals surface area contributed by atoms with Crippen molar-refractivity contribution in [1.29, 1.82) is 0 Å². The molecule has 3 fully saturated rings. The van der Waals surface area contributed by atoms with Gasteiger partial charge in [-0.05, 0) is 87.1 Å². The molecule has 1 aromatic carbocycles. The third-order valence-corrected chi connectivity index (χ3v) is 9.02. The highest BCUT2D eigenvalue weighted by atomic mass is 19.3. The molecule has 3 aliphatic carbocycles. The van der Waals surface area contributed by atoms with Gasteiger partial charge in [-0.2, -0.15) is 13.8 Å². The number of ether oxygens (including phenoxy) is 1. The summed E-state index contributed by atoms with van der Waals surface area (Å²) in [4.78, 5) is 23.7. The zero-order valence-corrected chi connectivity index (χ0v) is 26.2. The molecule has 2 heterocycles. The van der Waals surface area contributed by atoms with Crippen molar-refractivity contribution in [2.24, 2.45) is 10.8 Å². The number of aliphatic hydroxyl groups is 1. The van der Waals surface area contributed by atoms with Crippen LogP contribution in [0, 0.1) is 16.6 Å². The van der Waals surface area contributed by atoms with Crippen molar-refractivity contribution in [1.82, 2.24) is 15.1 Å². The molecule has 2 bridgehead atoms. The van der Waals surface area contributed by atoms with E-state index in [0.717, 1.165) is 26.2 Å². The Balaban J connectivity index is 1.30. The molecule has 238 valence electrons. The first-order valence-corrected chi connectivity index (χ1v) is 15.1. The minimum Gasteiger partial charge on any atom is -0.449 e. The van der Waals surface area contributed by atoms with E-state index in [4.69, 9.17) is 9.26 Å². The summed E-state index contributed by atoms with van der Waals surface area (Å²) >= 11 is 0. The normalized spacial score (nSPS) is 22.2. The van der Waals surface area contributed by atoms with Crippen molar-refractivity contribution in [2.45, 2.75) is 97.0 Å². The monoisotopic (exact) mass is 614 g/mol. The van der Waals surface area contributed by atoms with Gasteiger partial charge in [-0.25, -0.2) is 14.2 Å². The summed E-state index contributed by atoms with van der Waals surface area (Å²) in [5.74, 6) is -3.64. The number of anilines is 1. The highest BCUT2D eigenvalue weighted by Crippen LogP contribution is 2.57. The molecular formula is C33H41F3N4O4. The minimum absolute atomic E-state index is 0.194. The summed E-state index contributed by atoms with van der Waals surface area (Å²) in [7, 11) is 0. The van der Waals surface area contributed by atoms with Crippen LogP contribution < -0.4 is 4.90 Å². The number of alkyl halides is 2. The average Bonchev–Trinajstić information content (AvgIpc) is 3.47. The molecule has 0 spiro atoms. The molecular weight excluding hydrogens is 573 g/mol. The molecule has 0 aliphatic heterocycles. The van der Waals surface area contributed by atoms with E-state index in [0.29, 0.717) is 48.6 Å². The highest BCUT2D eigenvalue weighted by molar-refractivity contribution is 5.87. The predicted molar refractivity (Wildman–Crippen MR) is 159 cm³/mol. The quantitative estimate of drug-likeness (QED) is 0.275. The number of hydrogen-bond acceptors (Lipinski definition) is 7. The Morgan fingerprint density at radius 3 is 2.18 bits per heavy atom. The lowest BCUT2D eigenvalue weighted by Gasteiger charge is -2.51. The van der Waals surface area contributed by atoms with Crippen molar-refractivity contribution >= 4 is 11.9 Å². The van der Waals surface area contributed by atoms with Gasteiger partial charge in [0, 0.05) is 36.1 Å². The van der Waals surface area contributed by atoms with Gasteiger partial charge in [0.25, 0.3) is 5.89 Å². The van der Waals surface area contributed by atoms with E-state index in [1.54, 1.807) is 30.5 Å². The molecule has 2 aromatic heterocycles. The number of pyridine rings is 1. The van der Waals surface area contributed by atoms with Crippen molar-refractivity contribution in [3.8, 4) is 11.1 Å². The van der Waals surface area contributed by atoms with Crippen molar-refractivity contribution in [3.05, 3.63) is 59.6 Å². The summed E-state index contributed by atoms with van der Waals surface area (Å²) < 4.78 is 53.1. The Labute approximate surface area is 256 Å². The van der Waals surface area contributed by atoms with E-state index in [2.05, 4.69) is 15.1 Å². The van der Waals surface area contributed by atoms with Crippen LogP contribution in [0.1, 0.15) is 97.3 Å². The second-order valence-corrected chi connectivity index (χ2v) is 14.4. The number of aromatic nitrogens is 3.